The van der Waals surface area contributed by atoms with Crippen molar-refractivity contribution in [3.8, 4) is 5.75 Å². The number of ether oxygens (including phenoxy) is 2. The highest BCUT2D eigenvalue weighted by Crippen LogP contribution is 2.22. The van der Waals surface area contributed by atoms with Gasteiger partial charge < -0.3 is 9.47 Å². The van der Waals surface area contributed by atoms with Gasteiger partial charge in [-0.25, -0.2) is 14.6 Å². The number of aryl methyl sites for hydroxylation is 1. The van der Waals surface area contributed by atoms with E-state index in [9.17, 15) is 9.59 Å². The number of carbonyl (C=O) groups excluding carboxylic acids is 2. The van der Waals surface area contributed by atoms with Crippen LogP contribution in [0.1, 0.15) is 27.0 Å². The molecule has 0 aromatic heterocycles. The average molecular weight is 418 g/mol. The minimum absolute atomic E-state index is 0.204. The quantitative estimate of drug-likeness (QED) is 0.332. The van der Waals surface area contributed by atoms with Crippen molar-refractivity contribution in [3.05, 3.63) is 106 Å². The molecule has 0 spiro atoms. The Bertz CT molecular complexity index is 1200. The van der Waals surface area contributed by atoms with Crippen molar-refractivity contribution in [3.63, 3.8) is 0 Å². The minimum atomic E-state index is -0.511. The monoisotopic (exact) mass is 417 g/mol. The maximum atomic E-state index is 12.2. The number of carbonyl (C=O) groups is 2. The molecule has 0 saturated heterocycles. The van der Waals surface area contributed by atoms with Gasteiger partial charge in [0.2, 0.25) is 5.90 Å². The second-order valence-electron chi connectivity index (χ2n) is 6.67. The first-order valence-corrected chi connectivity index (χ1v) is 9.53. The van der Waals surface area contributed by atoms with Gasteiger partial charge in [0.15, 0.2) is 5.70 Å². The van der Waals surface area contributed by atoms with Gasteiger partial charge >= 0.3 is 11.9 Å². The Balaban J connectivity index is 1.49. The smallest absolute Gasteiger partial charge is 0.363 e. The lowest BCUT2D eigenvalue weighted by molar-refractivity contribution is -0.129. The maximum absolute atomic E-state index is 12.2. The van der Waals surface area contributed by atoms with E-state index in [1.54, 1.807) is 48.5 Å². The van der Waals surface area contributed by atoms with Gasteiger partial charge in [-0.15, -0.1) is 0 Å². The molecular weight excluding hydrogens is 402 g/mol. The molecule has 0 amide bonds. The van der Waals surface area contributed by atoms with Crippen LogP contribution in [0.5, 0.6) is 5.75 Å². The fourth-order valence-electron chi connectivity index (χ4n) is 2.88. The standard InChI is InChI=1S/C24H16ClNO4/c1-15-4-2-5-17(12-15)22-26-21(24(28)30-22)13-16-8-10-20(11-9-16)29-23(27)18-6-3-7-19(25)14-18/h2-14H,1H3/b21-13+. The van der Waals surface area contributed by atoms with Crippen LogP contribution in [0.4, 0.5) is 0 Å². The van der Waals surface area contributed by atoms with Gasteiger partial charge in [0, 0.05) is 10.6 Å². The number of aliphatic imine (C=N–C) groups is 1. The van der Waals surface area contributed by atoms with Crippen LogP contribution >= 0.6 is 11.6 Å². The summed E-state index contributed by atoms with van der Waals surface area (Å²) >= 11 is 5.90. The fourth-order valence-corrected chi connectivity index (χ4v) is 3.07. The molecule has 3 aromatic rings. The van der Waals surface area contributed by atoms with E-state index >= 15 is 0 Å². The van der Waals surface area contributed by atoms with E-state index in [1.165, 1.54) is 6.07 Å². The van der Waals surface area contributed by atoms with Crippen molar-refractivity contribution in [2.75, 3.05) is 0 Å². The van der Waals surface area contributed by atoms with Crippen molar-refractivity contribution in [2.24, 2.45) is 4.99 Å². The zero-order chi connectivity index (χ0) is 21.1. The van der Waals surface area contributed by atoms with Gasteiger partial charge in [0.25, 0.3) is 0 Å². The topological polar surface area (TPSA) is 65.0 Å². The second kappa shape index (κ2) is 8.35. The van der Waals surface area contributed by atoms with Gasteiger partial charge in [-0.2, -0.15) is 0 Å². The molecule has 0 saturated carbocycles. The molecule has 1 aliphatic rings. The molecule has 0 unspecified atom stereocenters. The van der Waals surface area contributed by atoms with Crippen LogP contribution in [0.3, 0.4) is 0 Å². The van der Waals surface area contributed by atoms with Crippen LogP contribution < -0.4 is 4.74 Å². The van der Waals surface area contributed by atoms with Crippen LogP contribution in [0, 0.1) is 6.92 Å². The van der Waals surface area contributed by atoms with Crippen LogP contribution in [0.15, 0.2) is 83.5 Å². The average Bonchev–Trinajstić information content (AvgIpc) is 3.10. The predicted molar refractivity (Wildman–Crippen MR) is 115 cm³/mol. The van der Waals surface area contributed by atoms with Crippen molar-refractivity contribution in [1.29, 1.82) is 0 Å². The Kier molecular flexibility index (Phi) is 5.46. The summed E-state index contributed by atoms with van der Waals surface area (Å²) in [4.78, 5) is 28.7. The number of nitrogens with zero attached hydrogens (tertiary/aromatic N) is 1. The fraction of sp³-hybridized carbons (Fsp3) is 0.0417. The largest absolute Gasteiger partial charge is 0.423 e. The molecule has 1 aliphatic heterocycles. The highest BCUT2D eigenvalue weighted by atomic mass is 35.5. The third-order valence-corrected chi connectivity index (χ3v) is 4.57. The van der Waals surface area contributed by atoms with Gasteiger partial charge in [0.05, 0.1) is 5.56 Å². The number of hydrogen-bond donors (Lipinski definition) is 0. The van der Waals surface area contributed by atoms with E-state index in [-0.39, 0.29) is 11.6 Å². The summed E-state index contributed by atoms with van der Waals surface area (Å²) < 4.78 is 10.6. The van der Waals surface area contributed by atoms with E-state index in [2.05, 4.69) is 4.99 Å². The molecule has 0 bridgehead atoms. The molecule has 5 nitrogen and oxygen atoms in total. The molecule has 30 heavy (non-hydrogen) atoms. The highest BCUT2D eigenvalue weighted by molar-refractivity contribution is 6.30. The highest BCUT2D eigenvalue weighted by Gasteiger charge is 2.24. The van der Waals surface area contributed by atoms with Crippen LogP contribution in [-0.4, -0.2) is 17.8 Å². The molecular formula is C24H16ClNO4. The Morgan fingerprint density at radius 1 is 1.03 bits per heavy atom. The second-order valence-corrected chi connectivity index (χ2v) is 7.11. The van der Waals surface area contributed by atoms with Crippen LogP contribution in [0.25, 0.3) is 6.08 Å². The lowest BCUT2D eigenvalue weighted by Crippen LogP contribution is -2.08. The van der Waals surface area contributed by atoms with Gasteiger partial charge in [-0.05, 0) is 61.0 Å². The molecule has 0 atom stereocenters. The predicted octanol–water partition coefficient (Wildman–Crippen LogP) is 5.21. The van der Waals surface area contributed by atoms with E-state index in [0.29, 0.717) is 16.3 Å². The molecule has 3 aromatic carbocycles. The van der Waals surface area contributed by atoms with E-state index in [0.717, 1.165) is 16.7 Å². The first-order valence-electron chi connectivity index (χ1n) is 9.15. The molecule has 0 aliphatic carbocycles. The zero-order valence-corrected chi connectivity index (χ0v) is 16.7. The number of cyclic esters (lactones) is 1. The van der Waals surface area contributed by atoms with Crippen molar-refractivity contribution in [2.45, 2.75) is 6.92 Å². The van der Waals surface area contributed by atoms with E-state index in [4.69, 9.17) is 21.1 Å². The lowest BCUT2D eigenvalue weighted by atomic mass is 10.1. The molecule has 4 rings (SSSR count). The summed E-state index contributed by atoms with van der Waals surface area (Å²) in [5.74, 6) is -0.361. The summed E-state index contributed by atoms with van der Waals surface area (Å²) in [6.45, 7) is 1.96. The Labute approximate surface area is 178 Å². The maximum Gasteiger partial charge on any atom is 0.363 e. The number of rotatable bonds is 4. The molecule has 148 valence electrons. The van der Waals surface area contributed by atoms with Crippen molar-refractivity contribution in [1.82, 2.24) is 0 Å². The first kappa shape index (κ1) is 19.6. The van der Waals surface area contributed by atoms with Crippen molar-refractivity contribution >= 4 is 35.5 Å². The number of halogens is 1. The van der Waals surface area contributed by atoms with Crippen LogP contribution in [-0.2, 0) is 9.53 Å². The summed E-state index contributed by atoms with van der Waals surface area (Å²) in [6.07, 6.45) is 1.62. The molecule has 0 fully saturated rings. The Morgan fingerprint density at radius 2 is 1.80 bits per heavy atom. The van der Waals surface area contributed by atoms with E-state index < -0.39 is 11.9 Å². The van der Waals surface area contributed by atoms with E-state index in [1.807, 2.05) is 31.2 Å². The zero-order valence-electron chi connectivity index (χ0n) is 16.0. The van der Waals surface area contributed by atoms with Crippen LogP contribution in [0.2, 0.25) is 5.02 Å². The Hall–Kier alpha value is -3.70. The SMILES string of the molecule is Cc1cccc(C2=N/C(=C/c3ccc(OC(=O)c4cccc(Cl)c4)cc3)C(=O)O2)c1. The third kappa shape index (κ3) is 4.47. The first-order chi connectivity index (χ1) is 14.5. The third-order valence-electron chi connectivity index (χ3n) is 4.34. The minimum Gasteiger partial charge on any atom is -0.423 e. The lowest BCUT2D eigenvalue weighted by Gasteiger charge is -2.05. The van der Waals surface area contributed by atoms with Gasteiger partial charge in [-0.1, -0.05) is 47.5 Å². The normalized spacial score (nSPS) is 14.4. The summed E-state index contributed by atoms with van der Waals surface area (Å²) in [7, 11) is 0. The summed E-state index contributed by atoms with van der Waals surface area (Å²) in [5, 5.41) is 0.459. The molecule has 0 radical (unpaired) electrons. The molecule has 1 heterocycles. The van der Waals surface area contributed by atoms with Crippen molar-refractivity contribution < 1.29 is 19.1 Å². The molecule has 6 heteroatoms. The summed E-state index contributed by atoms with van der Waals surface area (Å²) in [6, 6.07) is 20.8. The Morgan fingerprint density at radius 3 is 2.53 bits per heavy atom. The molecule has 0 N–H and O–H groups in total. The van der Waals surface area contributed by atoms with Gasteiger partial charge in [-0.3, -0.25) is 0 Å². The van der Waals surface area contributed by atoms with Gasteiger partial charge in [0.1, 0.15) is 5.75 Å². The summed E-state index contributed by atoms with van der Waals surface area (Å²) in [5.41, 5.74) is 3.08. The number of esters is 2. The number of hydrogen-bond acceptors (Lipinski definition) is 5. The number of benzene rings is 3.